The lowest BCUT2D eigenvalue weighted by molar-refractivity contribution is -0.147. The molecule has 1 aromatic heterocycles. The Morgan fingerprint density at radius 3 is 1.96 bits per heavy atom. The number of aromatic nitrogens is 2. The van der Waals surface area contributed by atoms with E-state index in [1.54, 1.807) is 4.90 Å². The van der Waals surface area contributed by atoms with Crippen LogP contribution in [0.3, 0.4) is 0 Å². The van der Waals surface area contributed by atoms with E-state index in [1.165, 1.54) is 4.90 Å². The zero-order chi connectivity index (χ0) is 21.2. The third kappa shape index (κ3) is 4.91. The van der Waals surface area contributed by atoms with Gasteiger partial charge in [0.2, 0.25) is 0 Å². The van der Waals surface area contributed by atoms with Gasteiger partial charge in [-0.05, 0) is 46.6 Å². The molecule has 1 aliphatic heterocycles. The highest BCUT2D eigenvalue weighted by molar-refractivity contribution is 6.35. The number of nitrogens with zero attached hydrogens (tertiary/aromatic N) is 4. The maximum Gasteiger partial charge on any atom is 0.312 e. The Kier molecular flexibility index (Phi) is 6.52. The summed E-state index contributed by atoms with van der Waals surface area (Å²) < 4.78 is 1.92. The summed E-state index contributed by atoms with van der Waals surface area (Å²) in [5, 5.41) is 7.18. The minimum atomic E-state index is -0.597. The van der Waals surface area contributed by atoms with Crippen LogP contribution in [-0.4, -0.2) is 69.5 Å². The van der Waals surface area contributed by atoms with Crippen molar-refractivity contribution in [2.24, 2.45) is 0 Å². The van der Waals surface area contributed by atoms with Crippen molar-refractivity contribution in [3.8, 4) is 0 Å². The molecule has 0 atom stereocenters. The first-order valence-corrected chi connectivity index (χ1v) is 9.91. The summed E-state index contributed by atoms with van der Waals surface area (Å²) in [6, 6.07) is 1.78. The van der Waals surface area contributed by atoms with Crippen molar-refractivity contribution >= 4 is 17.7 Å². The molecule has 156 valence electrons. The van der Waals surface area contributed by atoms with E-state index < -0.39 is 11.8 Å². The van der Waals surface area contributed by atoms with Gasteiger partial charge in [-0.2, -0.15) is 5.10 Å². The van der Waals surface area contributed by atoms with Crippen LogP contribution >= 0.6 is 0 Å². The van der Waals surface area contributed by atoms with Gasteiger partial charge in [-0.3, -0.25) is 19.1 Å². The van der Waals surface area contributed by atoms with Gasteiger partial charge in [0, 0.05) is 37.9 Å². The van der Waals surface area contributed by atoms with Crippen LogP contribution in [0.25, 0.3) is 0 Å². The molecule has 1 saturated heterocycles. The number of amides is 3. The van der Waals surface area contributed by atoms with Crippen molar-refractivity contribution in [1.82, 2.24) is 24.9 Å². The Balaban J connectivity index is 2.06. The van der Waals surface area contributed by atoms with E-state index in [0.29, 0.717) is 31.9 Å². The van der Waals surface area contributed by atoms with Crippen molar-refractivity contribution in [3.05, 3.63) is 17.5 Å². The molecule has 1 N–H and O–H groups in total. The Morgan fingerprint density at radius 1 is 1.00 bits per heavy atom. The molecule has 0 radical (unpaired) electrons. The molecule has 0 aromatic carbocycles. The van der Waals surface area contributed by atoms with Crippen LogP contribution < -0.4 is 5.32 Å². The number of nitrogens with one attached hydrogen (secondary N) is 1. The first kappa shape index (κ1) is 21.9. The molecule has 8 nitrogen and oxygen atoms in total. The van der Waals surface area contributed by atoms with E-state index in [4.69, 9.17) is 0 Å². The molecule has 1 fully saturated rings. The molecule has 2 heterocycles. The zero-order valence-corrected chi connectivity index (χ0v) is 18.1. The van der Waals surface area contributed by atoms with Crippen LogP contribution in [-0.2, 0) is 15.1 Å². The quantitative estimate of drug-likeness (QED) is 0.793. The van der Waals surface area contributed by atoms with Crippen molar-refractivity contribution in [3.63, 3.8) is 0 Å². The fourth-order valence-electron chi connectivity index (χ4n) is 3.19. The molecule has 1 aliphatic rings. The largest absolute Gasteiger partial charge is 0.346 e. The second-order valence-corrected chi connectivity index (χ2v) is 8.90. The zero-order valence-electron chi connectivity index (χ0n) is 18.1. The summed E-state index contributed by atoms with van der Waals surface area (Å²) in [6.07, 6.45) is 0. The van der Waals surface area contributed by atoms with E-state index >= 15 is 0 Å². The Hall–Kier alpha value is -2.38. The summed E-state index contributed by atoms with van der Waals surface area (Å²) in [5.41, 5.74) is 1.23. The average Bonchev–Trinajstić information content (AvgIpc) is 3.06. The maximum atomic E-state index is 12.9. The highest BCUT2D eigenvalue weighted by Crippen LogP contribution is 2.24. The third-order valence-corrected chi connectivity index (χ3v) is 4.65. The lowest BCUT2D eigenvalue weighted by Crippen LogP contribution is -2.54. The molecular weight excluding hydrogens is 358 g/mol. The lowest BCUT2D eigenvalue weighted by atomic mass is 10.1. The minimum Gasteiger partial charge on any atom is -0.346 e. The van der Waals surface area contributed by atoms with Crippen LogP contribution in [0.1, 0.15) is 70.6 Å². The predicted octanol–water partition coefficient (Wildman–Crippen LogP) is 1.57. The number of carbonyl (C=O) groups is 3. The summed E-state index contributed by atoms with van der Waals surface area (Å²) >= 11 is 0. The van der Waals surface area contributed by atoms with Gasteiger partial charge in [0.15, 0.2) is 5.69 Å². The second-order valence-electron chi connectivity index (χ2n) is 8.90. The molecule has 1 aromatic rings. The molecule has 8 heteroatoms. The van der Waals surface area contributed by atoms with Crippen LogP contribution in [0.2, 0.25) is 0 Å². The van der Waals surface area contributed by atoms with Crippen molar-refractivity contribution in [1.29, 1.82) is 0 Å². The van der Waals surface area contributed by atoms with Gasteiger partial charge in [0.05, 0.1) is 5.54 Å². The minimum absolute atomic E-state index is 0.0904. The summed E-state index contributed by atoms with van der Waals surface area (Å²) in [6.45, 7) is 15.4. The number of piperazine rings is 1. The maximum absolute atomic E-state index is 12.9. The first-order chi connectivity index (χ1) is 12.9. The normalized spacial score (nSPS) is 15.3. The molecule has 2 rings (SSSR count). The van der Waals surface area contributed by atoms with Gasteiger partial charge in [0.1, 0.15) is 0 Å². The molecule has 0 spiro atoms. The van der Waals surface area contributed by atoms with Gasteiger partial charge in [0.25, 0.3) is 5.91 Å². The fraction of sp³-hybridized carbons (Fsp3) is 0.700. The van der Waals surface area contributed by atoms with Crippen molar-refractivity contribution in [2.75, 3.05) is 26.2 Å². The summed E-state index contributed by atoms with van der Waals surface area (Å²) in [5.74, 6) is -1.02. The Labute approximate surface area is 167 Å². The Morgan fingerprint density at radius 2 is 1.54 bits per heavy atom. The molecular formula is C20H33N5O3. The van der Waals surface area contributed by atoms with E-state index in [0.717, 1.165) is 5.69 Å². The van der Waals surface area contributed by atoms with Gasteiger partial charge >= 0.3 is 11.8 Å². The van der Waals surface area contributed by atoms with Crippen LogP contribution in [0.4, 0.5) is 0 Å². The van der Waals surface area contributed by atoms with Gasteiger partial charge in [-0.25, -0.2) is 0 Å². The van der Waals surface area contributed by atoms with E-state index in [-0.39, 0.29) is 23.4 Å². The fourth-order valence-corrected chi connectivity index (χ4v) is 3.19. The molecule has 3 amide bonds. The SMILES string of the molecule is CC(C)NC(=O)C(=O)N1CCN(C(=O)c2cc(C(C)C)n(C(C)(C)C)n2)CC1. The van der Waals surface area contributed by atoms with E-state index in [2.05, 4.69) is 45.0 Å². The number of hydrogen-bond donors (Lipinski definition) is 1. The van der Waals surface area contributed by atoms with Gasteiger partial charge in [-0.15, -0.1) is 0 Å². The number of carbonyl (C=O) groups excluding carboxylic acids is 3. The van der Waals surface area contributed by atoms with E-state index in [9.17, 15) is 14.4 Å². The summed E-state index contributed by atoms with van der Waals surface area (Å²) in [4.78, 5) is 40.2. The van der Waals surface area contributed by atoms with Crippen molar-refractivity contribution in [2.45, 2.75) is 66.0 Å². The lowest BCUT2D eigenvalue weighted by Gasteiger charge is -2.34. The Bertz CT molecular complexity index is 738. The van der Waals surface area contributed by atoms with Crippen molar-refractivity contribution < 1.29 is 14.4 Å². The first-order valence-electron chi connectivity index (χ1n) is 9.91. The predicted molar refractivity (Wildman–Crippen MR) is 107 cm³/mol. The molecule has 0 bridgehead atoms. The number of hydrogen-bond acceptors (Lipinski definition) is 4. The standard InChI is InChI=1S/C20H33N5O3/c1-13(2)16-12-15(22-25(16)20(5,6)7)18(27)23-8-10-24(11-9-23)19(28)17(26)21-14(3)4/h12-14H,8-11H2,1-7H3,(H,21,26). The highest BCUT2D eigenvalue weighted by Gasteiger charge is 2.30. The molecule has 28 heavy (non-hydrogen) atoms. The second kappa shape index (κ2) is 8.32. The van der Waals surface area contributed by atoms with Gasteiger partial charge in [-0.1, -0.05) is 13.8 Å². The van der Waals surface area contributed by atoms with Crippen LogP contribution in [0, 0.1) is 0 Å². The van der Waals surface area contributed by atoms with E-state index in [1.807, 2.05) is 24.6 Å². The molecule has 0 aliphatic carbocycles. The van der Waals surface area contributed by atoms with Crippen LogP contribution in [0.15, 0.2) is 6.07 Å². The smallest absolute Gasteiger partial charge is 0.312 e. The molecule has 0 saturated carbocycles. The topological polar surface area (TPSA) is 87.5 Å². The van der Waals surface area contributed by atoms with Crippen LogP contribution in [0.5, 0.6) is 0 Å². The average molecular weight is 392 g/mol. The summed E-state index contributed by atoms with van der Waals surface area (Å²) in [7, 11) is 0. The number of rotatable bonds is 3. The molecule has 0 unspecified atom stereocenters. The van der Waals surface area contributed by atoms with Gasteiger partial charge < -0.3 is 15.1 Å². The third-order valence-electron chi connectivity index (χ3n) is 4.65. The monoisotopic (exact) mass is 391 g/mol. The highest BCUT2D eigenvalue weighted by atomic mass is 16.2.